The molecule has 0 saturated heterocycles. The summed E-state index contributed by atoms with van der Waals surface area (Å²) in [4.78, 5) is 0. The molecule has 0 aliphatic heterocycles. The van der Waals surface area contributed by atoms with Gasteiger partial charge in [0.2, 0.25) is 0 Å². The summed E-state index contributed by atoms with van der Waals surface area (Å²) in [6.07, 6.45) is 0. The van der Waals surface area contributed by atoms with Crippen LogP contribution in [-0.4, -0.2) is 12.3 Å². The molecule has 0 atom stereocenters. The summed E-state index contributed by atoms with van der Waals surface area (Å²) in [5.41, 5.74) is 4.95. The van der Waals surface area contributed by atoms with E-state index in [4.69, 9.17) is 5.73 Å². The smallest absolute Gasteiger partial charge is 0.00255 e. The minimum Gasteiger partial charge on any atom is -0.330 e. The molecule has 1 nitrogen and oxygen atoms in total. The Bertz CT molecular complexity index is 11.6. The molecule has 0 fully saturated rings. The van der Waals surface area contributed by atoms with Crippen LogP contribution in [0.1, 0.15) is 0 Å². The van der Waals surface area contributed by atoms with Gasteiger partial charge in [0.05, 0.1) is 0 Å². The van der Waals surface area contributed by atoms with E-state index in [1.54, 1.807) is 0 Å². The van der Waals surface area contributed by atoms with E-state index in [0.717, 1.165) is 5.75 Å². The zero-order valence-corrected chi connectivity index (χ0v) is 5.18. The molecule has 0 saturated carbocycles. The molecule has 31 valence electrons. The second-order valence-corrected chi connectivity index (χ2v) is 0.959. The van der Waals surface area contributed by atoms with Gasteiger partial charge in [-0.15, -0.1) is 0 Å². The SMILES string of the molecule is NCCS.[V]. The van der Waals surface area contributed by atoms with Gasteiger partial charge in [0.15, 0.2) is 0 Å². The fraction of sp³-hybridized carbons (Fsp3) is 1.00. The number of hydrogen-bond donors (Lipinski definition) is 2. The van der Waals surface area contributed by atoms with Crippen molar-refractivity contribution in [3.8, 4) is 0 Å². The third kappa shape index (κ3) is 11.4. The van der Waals surface area contributed by atoms with Crippen LogP contribution >= 0.6 is 12.6 Å². The first-order valence-corrected chi connectivity index (χ1v) is 1.86. The van der Waals surface area contributed by atoms with Crippen LogP contribution in [0, 0.1) is 0 Å². The van der Waals surface area contributed by atoms with Gasteiger partial charge in [-0.25, -0.2) is 0 Å². The zero-order valence-electron chi connectivity index (χ0n) is 2.89. The monoisotopic (exact) mass is 128 g/mol. The predicted octanol–water partition coefficient (Wildman–Crippen LogP) is -0.128. The molecule has 2 N–H and O–H groups in total. The summed E-state index contributed by atoms with van der Waals surface area (Å²) >= 11 is 3.80. The van der Waals surface area contributed by atoms with Gasteiger partial charge < -0.3 is 5.73 Å². The fourth-order valence-corrected chi connectivity index (χ4v) is 0. The van der Waals surface area contributed by atoms with Gasteiger partial charge in [0, 0.05) is 30.9 Å². The molecule has 0 amide bonds. The Hall–Kier alpha value is 0.894. The first-order chi connectivity index (χ1) is 1.91. The van der Waals surface area contributed by atoms with Crippen molar-refractivity contribution in [2.75, 3.05) is 12.3 Å². The average Bonchev–Trinajstić information content (AvgIpc) is 1.37. The molecule has 5 heavy (non-hydrogen) atoms. The molecule has 0 aromatic heterocycles. The Morgan fingerprint density at radius 1 is 1.60 bits per heavy atom. The minimum absolute atomic E-state index is 0. The summed E-state index contributed by atoms with van der Waals surface area (Å²) in [5, 5.41) is 0. The maximum Gasteiger partial charge on any atom is 0.00255 e. The van der Waals surface area contributed by atoms with E-state index in [1.165, 1.54) is 0 Å². The van der Waals surface area contributed by atoms with Gasteiger partial charge >= 0.3 is 0 Å². The van der Waals surface area contributed by atoms with E-state index < -0.39 is 0 Å². The molecule has 0 aromatic carbocycles. The van der Waals surface area contributed by atoms with Crippen LogP contribution in [0.3, 0.4) is 0 Å². The number of thiol groups is 1. The molecule has 0 spiro atoms. The topological polar surface area (TPSA) is 26.0 Å². The molecule has 0 aliphatic carbocycles. The molecule has 0 unspecified atom stereocenters. The van der Waals surface area contributed by atoms with E-state index in [2.05, 4.69) is 12.6 Å². The Balaban J connectivity index is 0. The van der Waals surface area contributed by atoms with Crippen LogP contribution in [0.5, 0.6) is 0 Å². The molecule has 0 aromatic rings. The quantitative estimate of drug-likeness (QED) is 0.473. The first-order valence-electron chi connectivity index (χ1n) is 1.22. The third-order valence-corrected chi connectivity index (χ3v) is 0.387. The van der Waals surface area contributed by atoms with Gasteiger partial charge in [0.1, 0.15) is 0 Å². The second-order valence-electron chi connectivity index (χ2n) is 0.512. The molecule has 0 aliphatic rings. The summed E-state index contributed by atoms with van der Waals surface area (Å²) in [6.45, 7) is 0.684. The summed E-state index contributed by atoms with van der Waals surface area (Å²) in [7, 11) is 0. The van der Waals surface area contributed by atoms with Crippen molar-refractivity contribution in [1.29, 1.82) is 0 Å². The Morgan fingerprint density at radius 3 is 1.80 bits per heavy atom. The maximum atomic E-state index is 4.95. The van der Waals surface area contributed by atoms with Crippen molar-refractivity contribution >= 4 is 12.6 Å². The number of hydrogen-bond acceptors (Lipinski definition) is 2. The molecule has 0 bridgehead atoms. The van der Waals surface area contributed by atoms with E-state index >= 15 is 0 Å². The number of rotatable bonds is 1. The minimum atomic E-state index is 0. The fourth-order valence-electron chi connectivity index (χ4n) is 0. The second kappa shape index (κ2) is 8.86. The van der Waals surface area contributed by atoms with Crippen LogP contribution in [0.25, 0.3) is 0 Å². The summed E-state index contributed by atoms with van der Waals surface area (Å²) < 4.78 is 0. The predicted molar refractivity (Wildman–Crippen MR) is 22.9 cm³/mol. The number of nitrogens with two attached hydrogens (primary N) is 1. The van der Waals surface area contributed by atoms with Gasteiger partial charge in [0.25, 0.3) is 0 Å². The molecule has 0 heterocycles. The van der Waals surface area contributed by atoms with E-state index in [0.29, 0.717) is 6.54 Å². The van der Waals surface area contributed by atoms with Crippen molar-refractivity contribution in [1.82, 2.24) is 0 Å². The normalized spacial score (nSPS) is 6.00. The molecular formula is C2H7NSV. The maximum absolute atomic E-state index is 4.95. The van der Waals surface area contributed by atoms with Gasteiger partial charge in [-0.1, -0.05) is 0 Å². The Kier molecular flexibility index (Phi) is 16.5. The Labute approximate surface area is 49.6 Å². The molecule has 3 heteroatoms. The van der Waals surface area contributed by atoms with Crippen LogP contribution in [0.2, 0.25) is 0 Å². The van der Waals surface area contributed by atoms with Crippen LogP contribution < -0.4 is 5.73 Å². The van der Waals surface area contributed by atoms with Gasteiger partial charge in [-0.3, -0.25) is 0 Å². The van der Waals surface area contributed by atoms with Gasteiger partial charge in [-0.05, 0) is 0 Å². The molecular weight excluding hydrogens is 121 g/mol. The van der Waals surface area contributed by atoms with E-state index in [9.17, 15) is 0 Å². The third-order valence-electron chi connectivity index (χ3n) is 0.129. The Morgan fingerprint density at radius 2 is 1.80 bits per heavy atom. The average molecular weight is 128 g/mol. The standard InChI is InChI=1S/C2H7NS.V/c3-1-2-4;/h4H,1-3H2;. The van der Waals surface area contributed by atoms with E-state index in [-0.39, 0.29) is 18.6 Å². The van der Waals surface area contributed by atoms with Crippen LogP contribution in [0.15, 0.2) is 0 Å². The zero-order chi connectivity index (χ0) is 3.41. The van der Waals surface area contributed by atoms with Gasteiger partial charge in [-0.2, -0.15) is 12.6 Å². The molecule has 0 rings (SSSR count). The van der Waals surface area contributed by atoms with Crippen molar-refractivity contribution in [3.05, 3.63) is 0 Å². The van der Waals surface area contributed by atoms with Crippen molar-refractivity contribution < 1.29 is 18.6 Å². The molecule has 1 radical (unpaired) electrons. The van der Waals surface area contributed by atoms with Crippen molar-refractivity contribution in [2.45, 2.75) is 0 Å². The first kappa shape index (κ1) is 9.31. The van der Waals surface area contributed by atoms with Crippen molar-refractivity contribution in [2.24, 2.45) is 5.73 Å². The van der Waals surface area contributed by atoms with Crippen molar-refractivity contribution in [3.63, 3.8) is 0 Å². The summed E-state index contributed by atoms with van der Waals surface area (Å²) in [5.74, 6) is 0.792. The van der Waals surface area contributed by atoms with Crippen LogP contribution in [-0.2, 0) is 18.6 Å². The largest absolute Gasteiger partial charge is 0.330 e. The van der Waals surface area contributed by atoms with Crippen LogP contribution in [0.4, 0.5) is 0 Å². The summed E-state index contributed by atoms with van der Waals surface area (Å²) in [6, 6.07) is 0. The van der Waals surface area contributed by atoms with E-state index in [1.807, 2.05) is 0 Å².